The number of carboxylic acid groups (broad SMARTS) is 1. The zero-order valence-electron chi connectivity index (χ0n) is 11.7. The highest BCUT2D eigenvalue weighted by atomic mass is 32.1. The average molecular weight is 284 g/mol. The van der Waals surface area contributed by atoms with Gasteiger partial charge in [-0.2, -0.15) is 0 Å². The maximum absolute atomic E-state index is 11.9. The second kappa shape index (κ2) is 6.56. The highest BCUT2D eigenvalue weighted by Crippen LogP contribution is 2.20. The molecule has 0 aliphatic heterocycles. The van der Waals surface area contributed by atoms with Gasteiger partial charge in [0, 0.05) is 15.8 Å². The topological polar surface area (TPSA) is 69.6 Å². The van der Waals surface area contributed by atoms with E-state index in [2.05, 4.69) is 5.32 Å². The number of hydrogen-bond acceptors (Lipinski definition) is 3. The van der Waals surface area contributed by atoms with Gasteiger partial charge in [-0.15, -0.1) is 11.3 Å². The summed E-state index contributed by atoms with van der Waals surface area (Å²) in [5.41, 5.74) is 1.21. The lowest BCUT2D eigenvalue weighted by Crippen LogP contribution is -2.46. The van der Waals surface area contributed by atoms with Gasteiger partial charge in [-0.3, -0.25) is 4.79 Å². The Morgan fingerprint density at radius 1 is 1.42 bits per heavy atom. The molecule has 0 unspecified atom stereocenters. The van der Waals surface area contributed by atoms with Crippen LogP contribution in [0.1, 0.15) is 29.2 Å². The summed E-state index contributed by atoms with van der Waals surface area (Å²) in [6.45, 7) is 7.80. The number of hydrogen-bond donors (Lipinski definition) is 2. The number of nitrogens with zero attached hydrogens (tertiary/aromatic N) is 1. The third kappa shape index (κ3) is 4.55. The predicted octanol–water partition coefficient (Wildman–Crippen LogP) is 2.37. The summed E-state index contributed by atoms with van der Waals surface area (Å²) in [4.78, 5) is 26.3. The molecule has 0 saturated carbocycles. The van der Waals surface area contributed by atoms with Crippen LogP contribution in [0, 0.1) is 13.8 Å². The number of carbonyl (C=O) groups is 2. The molecule has 1 heterocycles. The first-order valence-corrected chi connectivity index (χ1v) is 6.95. The van der Waals surface area contributed by atoms with Gasteiger partial charge >= 0.3 is 12.0 Å². The van der Waals surface area contributed by atoms with Crippen molar-refractivity contribution >= 4 is 23.3 Å². The van der Waals surface area contributed by atoms with E-state index in [1.165, 1.54) is 15.3 Å². The molecule has 19 heavy (non-hydrogen) atoms. The molecule has 1 rings (SSSR count). The second-order valence-corrected chi connectivity index (χ2v) is 6.07. The fraction of sp³-hybridized carbons (Fsp3) is 0.538. The smallest absolute Gasteiger partial charge is 0.323 e. The number of rotatable bonds is 5. The molecule has 1 aromatic heterocycles. The molecule has 0 saturated heterocycles. The molecular formula is C13H20N2O3S. The Labute approximate surface area is 117 Å². The molecule has 2 N–H and O–H groups in total. The van der Waals surface area contributed by atoms with Crippen LogP contribution in [-0.2, 0) is 11.3 Å². The van der Waals surface area contributed by atoms with E-state index in [0.29, 0.717) is 6.54 Å². The van der Waals surface area contributed by atoms with Crippen molar-refractivity contribution in [3.63, 3.8) is 0 Å². The van der Waals surface area contributed by atoms with Gasteiger partial charge < -0.3 is 15.3 Å². The zero-order valence-corrected chi connectivity index (χ0v) is 12.5. The molecule has 2 amide bonds. The summed E-state index contributed by atoms with van der Waals surface area (Å²) >= 11 is 1.64. The molecule has 5 nitrogen and oxygen atoms in total. The van der Waals surface area contributed by atoms with Gasteiger partial charge in [-0.25, -0.2) is 4.79 Å². The van der Waals surface area contributed by atoms with Crippen molar-refractivity contribution in [3.05, 3.63) is 21.4 Å². The highest BCUT2D eigenvalue weighted by Gasteiger charge is 2.19. The molecular weight excluding hydrogens is 264 g/mol. The molecule has 0 aromatic carbocycles. The van der Waals surface area contributed by atoms with Gasteiger partial charge in [0.25, 0.3) is 0 Å². The number of amides is 2. The Balaban J connectivity index is 2.59. The number of carbonyl (C=O) groups excluding carboxylic acids is 1. The molecule has 0 spiro atoms. The third-order valence-electron chi connectivity index (χ3n) is 2.82. The number of thiophene rings is 1. The van der Waals surface area contributed by atoms with Crippen LogP contribution in [0.2, 0.25) is 0 Å². The van der Waals surface area contributed by atoms with Crippen LogP contribution < -0.4 is 5.32 Å². The van der Waals surface area contributed by atoms with Crippen LogP contribution >= 0.6 is 11.3 Å². The monoisotopic (exact) mass is 284 g/mol. The molecule has 0 bridgehead atoms. The van der Waals surface area contributed by atoms with Crippen molar-refractivity contribution in [2.45, 2.75) is 40.3 Å². The van der Waals surface area contributed by atoms with Crippen LogP contribution in [0.3, 0.4) is 0 Å². The van der Waals surface area contributed by atoms with Gasteiger partial charge in [0.1, 0.15) is 6.54 Å². The number of carboxylic acids is 1. The van der Waals surface area contributed by atoms with E-state index in [1.807, 2.05) is 19.9 Å². The highest BCUT2D eigenvalue weighted by molar-refractivity contribution is 7.12. The Morgan fingerprint density at radius 3 is 2.47 bits per heavy atom. The van der Waals surface area contributed by atoms with E-state index >= 15 is 0 Å². The third-order valence-corrected chi connectivity index (χ3v) is 3.97. The van der Waals surface area contributed by atoms with Gasteiger partial charge in [0.15, 0.2) is 0 Å². The summed E-state index contributed by atoms with van der Waals surface area (Å²) in [6, 6.07) is 1.54. The Bertz CT molecular complexity index is 449. The maximum atomic E-state index is 11.9. The van der Waals surface area contributed by atoms with Crippen molar-refractivity contribution in [1.82, 2.24) is 10.2 Å². The lowest BCUT2D eigenvalue weighted by atomic mass is 10.3. The first-order chi connectivity index (χ1) is 8.81. The molecule has 0 aliphatic carbocycles. The van der Waals surface area contributed by atoms with E-state index in [1.54, 1.807) is 25.2 Å². The molecule has 106 valence electrons. The van der Waals surface area contributed by atoms with E-state index in [9.17, 15) is 9.59 Å². The summed E-state index contributed by atoms with van der Waals surface area (Å²) in [5, 5.41) is 11.5. The minimum Gasteiger partial charge on any atom is -0.480 e. The Kier molecular flexibility index (Phi) is 5.35. The van der Waals surface area contributed by atoms with Crippen molar-refractivity contribution in [2.75, 3.05) is 6.54 Å². The van der Waals surface area contributed by atoms with Crippen molar-refractivity contribution in [3.8, 4) is 0 Å². The fourth-order valence-corrected chi connectivity index (χ4v) is 2.63. The zero-order chi connectivity index (χ0) is 14.6. The molecule has 6 heteroatoms. The number of aryl methyl sites for hydroxylation is 2. The minimum atomic E-state index is -1.01. The van der Waals surface area contributed by atoms with Crippen molar-refractivity contribution in [2.24, 2.45) is 0 Å². The molecule has 0 aliphatic rings. The van der Waals surface area contributed by atoms with Gasteiger partial charge in [0.05, 0.1) is 6.54 Å². The van der Waals surface area contributed by atoms with Gasteiger partial charge in [-0.05, 0) is 39.3 Å². The van der Waals surface area contributed by atoms with Gasteiger partial charge in [-0.1, -0.05) is 0 Å². The van der Waals surface area contributed by atoms with E-state index in [0.717, 1.165) is 4.88 Å². The second-order valence-electron chi connectivity index (χ2n) is 4.73. The summed E-state index contributed by atoms with van der Waals surface area (Å²) in [5.74, 6) is -1.01. The normalized spacial score (nSPS) is 10.6. The lowest BCUT2D eigenvalue weighted by molar-refractivity contribution is -0.138. The van der Waals surface area contributed by atoms with Crippen LogP contribution in [0.25, 0.3) is 0 Å². The molecule has 0 fully saturated rings. The summed E-state index contributed by atoms with van der Waals surface area (Å²) < 4.78 is 0. The molecule has 0 radical (unpaired) electrons. The molecule has 0 atom stereocenters. The van der Waals surface area contributed by atoms with E-state index < -0.39 is 5.97 Å². The van der Waals surface area contributed by atoms with Crippen molar-refractivity contribution in [1.29, 1.82) is 0 Å². The Morgan fingerprint density at radius 2 is 2.05 bits per heavy atom. The van der Waals surface area contributed by atoms with Gasteiger partial charge in [0.2, 0.25) is 0 Å². The minimum absolute atomic E-state index is 0.150. The molecule has 1 aromatic rings. The first kappa shape index (κ1) is 15.5. The summed E-state index contributed by atoms with van der Waals surface area (Å²) in [7, 11) is 0. The van der Waals surface area contributed by atoms with E-state index in [-0.39, 0.29) is 18.6 Å². The van der Waals surface area contributed by atoms with Crippen LogP contribution in [0.15, 0.2) is 6.07 Å². The van der Waals surface area contributed by atoms with E-state index in [4.69, 9.17) is 5.11 Å². The maximum Gasteiger partial charge on any atom is 0.323 e. The lowest BCUT2D eigenvalue weighted by Gasteiger charge is -2.24. The van der Waals surface area contributed by atoms with Crippen LogP contribution in [0.4, 0.5) is 4.79 Å². The van der Waals surface area contributed by atoms with Crippen LogP contribution in [0.5, 0.6) is 0 Å². The first-order valence-electron chi connectivity index (χ1n) is 6.13. The largest absolute Gasteiger partial charge is 0.480 e. The predicted molar refractivity (Wildman–Crippen MR) is 75.5 cm³/mol. The average Bonchev–Trinajstić information content (AvgIpc) is 2.62. The fourth-order valence-electron chi connectivity index (χ4n) is 1.64. The van der Waals surface area contributed by atoms with Crippen LogP contribution in [-0.4, -0.2) is 34.6 Å². The SMILES string of the molecule is Cc1cc(CNC(=O)N(CC(=O)O)C(C)C)sc1C. The standard InChI is InChI=1S/C13H20N2O3S/c1-8(2)15(7-12(16)17)13(18)14-6-11-5-9(3)10(4)19-11/h5,8H,6-7H2,1-4H3,(H,14,18)(H,16,17). The van der Waals surface area contributed by atoms with Crippen molar-refractivity contribution < 1.29 is 14.7 Å². The Hall–Kier alpha value is -1.56. The quantitative estimate of drug-likeness (QED) is 0.872. The number of urea groups is 1. The summed E-state index contributed by atoms with van der Waals surface area (Å²) in [6.07, 6.45) is 0. The number of aliphatic carboxylic acids is 1. The number of nitrogens with one attached hydrogen (secondary N) is 1.